The van der Waals surface area contributed by atoms with E-state index in [-0.39, 0.29) is 17.9 Å². The number of ether oxygens (including phenoxy) is 1. The van der Waals surface area contributed by atoms with Crippen LogP contribution < -0.4 is 9.84 Å². The van der Waals surface area contributed by atoms with E-state index >= 15 is 0 Å². The first-order valence-corrected chi connectivity index (χ1v) is 9.70. The fourth-order valence-electron chi connectivity index (χ4n) is 3.71. The van der Waals surface area contributed by atoms with Gasteiger partial charge in [0.25, 0.3) is 0 Å². The highest BCUT2D eigenvalue weighted by Crippen LogP contribution is 2.42. The number of rotatable bonds is 6. The first-order valence-electron chi connectivity index (χ1n) is 9.70. The summed E-state index contributed by atoms with van der Waals surface area (Å²) in [6.07, 6.45) is 2.02. The summed E-state index contributed by atoms with van der Waals surface area (Å²) in [5.41, 5.74) is 2.37. The lowest BCUT2D eigenvalue weighted by Gasteiger charge is -2.15. The number of hydrogen-bond donors (Lipinski definition) is 0. The molecule has 1 heterocycles. The number of pyridine rings is 1. The molecule has 0 radical (unpaired) electrons. The quantitative estimate of drug-likeness (QED) is 0.583. The standard InChI is InChI=1S/C24H18F3NO3/c25-15-7-9-20(27)14(11-15)13-31-23-10-8-16(26)12-19(23)17-3-1-4-18(17)21-5-2-6-22(28-21)24(29)30/h2,5-12H,1,3-4,13H2,(H,29,30)/p-1. The molecule has 1 aromatic heterocycles. The van der Waals surface area contributed by atoms with Crippen LogP contribution >= 0.6 is 0 Å². The highest BCUT2D eigenvalue weighted by Gasteiger charge is 2.22. The minimum absolute atomic E-state index is 0.0410. The second kappa shape index (κ2) is 8.63. The van der Waals surface area contributed by atoms with Gasteiger partial charge in [-0.25, -0.2) is 18.2 Å². The summed E-state index contributed by atoms with van der Waals surface area (Å²) in [5, 5.41) is 11.2. The van der Waals surface area contributed by atoms with E-state index in [9.17, 15) is 23.1 Å². The van der Waals surface area contributed by atoms with Crippen LogP contribution in [0.3, 0.4) is 0 Å². The fraction of sp³-hybridized carbons (Fsp3) is 0.167. The van der Waals surface area contributed by atoms with Crippen LogP contribution in [0.25, 0.3) is 11.1 Å². The van der Waals surface area contributed by atoms with Crippen molar-refractivity contribution in [1.29, 1.82) is 0 Å². The fourth-order valence-corrected chi connectivity index (χ4v) is 3.71. The van der Waals surface area contributed by atoms with Crippen LogP contribution in [0.1, 0.15) is 46.6 Å². The molecule has 0 aliphatic heterocycles. The van der Waals surface area contributed by atoms with Crippen LogP contribution in [0.4, 0.5) is 13.2 Å². The average Bonchev–Trinajstić information content (AvgIpc) is 3.25. The number of nitrogens with zero attached hydrogens (tertiary/aromatic N) is 1. The lowest BCUT2D eigenvalue weighted by atomic mass is 9.98. The number of carboxylic acids is 1. The maximum absolute atomic E-state index is 14.1. The SMILES string of the molecule is O=C([O-])c1cccc(C2=C(c3cc(F)ccc3OCc3cc(F)ccc3F)CCC2)n1. The average molecular weight is 424 g/mol. The zero-order chi connectivity index (χ0) is 22.0. The van der Waals surface area contributed by atoms with Crippen molar-refractivity contribution in [3.05, 3.63) is 94.6 Å². The summed E-state index contributed by atoms with van der Waals surface area (Å²) < 4.78 is 47.2. The Morgan fingerprint density at radius 2 is 1.71 bits per heavy atom. The molecule has 0 saturated heterocycles. The van der Waals surface area contributed by atoms with Crippen molar-refractivity contribution in [3.63, 3.8) is 0 Å². The molecule has 0 saturated carbocycles. The van der Waals surface area contributed by atoms with E-state index in [4.69, 9.17) is 4.74 Å². The van der Waals surface area contributed by atoms with Gasteiger partial charge >= 0.3 is 0 Å². The van der Waals surface area contributed by atoms with E-state index < -0.39 is 23.4 Å². The molecule has 158 valence electrons. The first kappa shape index (κ1) is 20.7. The largest absolute Gasteiger partial charge is 0.543 e. The van der Waals surface area contributed by atoms with Crippen LogP contribution in [0.2, 0.25) is 0 Å². The summed E-state index contributed by atoms with van der Waals surface area (Å²) in [6.45, 7) is -0.233. The number of hydrogen-bond acceptors (Lipinski definition) is 4. The van der Waals surface area contributed by atoms with Gasteiger partial charge in [-0.3, -0.25) is 0 Å². The number of carbonyl (C=O) groups excluding carboxylic acids is 1. The van der Waals surface area contributed by atoms with Gasteiger partial charge in [-0.1, -0.05) is 6.07 Å². The molecule has 0 fully saturated rings. The molecule has 0 unspecified atom stereocenters. The van der Waals surface area contributed by atoms with Crippen LogP contribution in [-0.2, 0) is 6.61 Å². The highest BCUT2D eigenvalue weighted by atomic mass is 19.1. The van der Waals surface area contributed by atoms with Gasteiger partial charge in [-0.05, 0) is 78.9 Å². The summed E-state index contributed by atoms with van der Waals surface area (Å²) >= 11 is 0. The minimum Gasteiger partial charge on any atom is -0.543 e. The Kier molecular flexibility index (Phi) is 5.75. The predicted octanol–water partition coefficient (Wildman–Crippen LogP) is 4.54. The zero-order valence-corrected chi connectivity index (χ0v) is 16.3. The van der Waals surface area contributed by atoms with E-state index in [2.05, 4.69) is 4.98 Å². The Balaban J connectivity index is 1.72. The van der Waals surface area contributed by atoms with Gasteiger partial charge in [0.05, 0.1) is 17.4 Å². The van der Waals surface area contributed by atoms with Crippen molar-refractivity contribution in [2.24, 2.45) is 0 Å². The van der Waals surface area contributed by atoms with Gasteiger partial charge in [-0.2, -0.15) is 0 Å². The molecule has 1 aliphatic rings. The minimum atomic E-state index is -1.38. The molecular weight excluding hydrogens is 407 g/mol. The molecule has 2 aromatic carbocycles. The number of carbonyl (C=O) groups is 1. The summed E-state index contributed by atoms with van der Waals surface area (Å²) in [6, 6.07) is 11.7. The maximum atomic E-state index is 14.1. The highest BCUT2D eigenvalue weighted by molar-refractivity contribution is 5.94. The lowest BCUT2D eigenvalue weighted by molar-refractivity contribution is -0.255. The molecule has 0 N–H and O–H groups in total. The third-order valence-corrected chi connectivity index (χ3v) is 5.14. The molecule has 31 heavy (non-hydrogen) atoms. The first-order chi connectivity index (χ1) is 14.9. The van der Waals surface area contributed by atoms with Crippen molar-refractivity contribution in [3.8, 4) is 5.75 Å². The number of carboxylic acid groups (broad SMARTS) is 1. The van der Waals surface area contributed by atoms with Crippen molar-refractivity contribution >= 4 is 17.1 Å². The van der Waals surface area contributed by atoms with Crippen LogP contribution in [0.15, 0.2) is 54.6 Å². The van der Waals surface area contributed by atoms with E-state index in [1.807, 2.05) is 0 Å². The predicted molar refractivity (Wildman–Crippen MR) is 106 cm³/mol. The third kappa shape index (κ3) is 4.45. The number of halogens is 3. The molecule has 7 heteroatoms. The molecule has 0 atom stereocenters. The van der Waals surface area contributed by atoms with E-state index in [1.165, 1.54) is 24.3 Å². The molecular formula is C24H17F3NO3-. The van der Waals surface area contributed by atoms with Crippen LogP contribution in [0.5, 0.6) is 5.75 Å². The van der Waals surface area contributed by atoms with Crippen LogP contribution in [0, 0.1) is 17.5 Å². The van der Waals surface area contributed by atoms with Gasteiger partial charge in [0.15, 0.2) is 0 Å². The lowest BCUT2D eigenvalue weighted by Crippen LogP contribution is -2.23. The molecule has 4 nitrogen and oxygen atoms in total. The van der Waals surface area contributed by atoms with Gasteiger partial charge in [0.1, 0.15) is 29.8 Å². The van der Waals surface area contributed by atoms with Gasteiger partial charge in [0.2, 0.25) is 0 Å². The zero-order valence-electron chi connectivity index (χ0n) is 16.3. The second-order valence-electron chi connectivity index (χ2n) is 7.17. The van der Waals surface area contributed by atoms with Gasteiger partial charge < -0.3 is 14.6 Å². The Morgan fingerprint density at radius 3 is 2.52 bits per heavy atom. The topological polar surface area (TPSA) is 62.2 Å². The Morgan fingerprint density at radius 1 is 0.968 bits per heavy atom. The van der Waals surface area contributed by atoms with Crippen LogP contribution in [-0.4, -0.2) is 11.0 Å². The van der Waals surface area contributed by atoms with Gasteiger partial charge in [0, 0.05) is 11.1 Å². The summed E-state index contributed by atoms with van der Waals surface area (Å²) in [7, 11) is 0. The number of aromatic carboxylic acids is 1. The molecule has 0 bridgehead atoms. The second-order valence-corrected chi connectivity index (χ2v) is 7.17. The Hall–Kier alpha value is -3.61. The molecule has 4 rings (SSSR count). The van der Waals surface area contributed by atoms with E-state index in [0.29, 0.717) is 29.8 Å². The van der Waals surface area contributed by atoms with Gasteiger partial charge in [-0.15, -0.1) is 0 Å². The normalized spacial score (nSPS) is 13.5. The van der Waals surface area contributed by atoms with E-state index in [1.54, 1.807) is 12.1 Å². The number of allylic oxidation sites excluding steroid dienone is 2. The smallest absolute Gasteiger partial charge is 0.130 e. The van der Waals surface area contributed by atoms with Crippen molar-refractivity contribution in [2.75, 3.05) is 0 Å². The van der Waals surface area contributed by atoms with Crippen molar-refractivity contribution < 1.29 is 27.8 Å². The van der Waals surface area contributed by atoms with E-state index in [0.717, 1.165) is 35.8 Å². The maximum Gasteiger partial charge on any atom is 0.130 e. The summed E-state index contributed by atoms with van der Waals surface area (Å²) in [5.74, 6) is -2.73. The number of benzene rings is 2. The molecule has 0 spiro atoms. The third-order valence-electron chi connectivity index (χ3n) is 5.14. The van der Waals surface area contributed by atoms with Crippen molar-refractivity contribution in [1.82, 2.24) is 4.98 Å². The molecule has 0 amide bonds. The monoisotopic (exact) mass is 424 g/mol. The van der Waals surface area contributed by atoms with Crippen molar-refractivity contribution in [2.45, 2.75) is 25.9 Å². The Bertz CT molecular complexity index is 1190. The Labute approximate surface area is 176 Å². The number of aromatic nitrogens is 1. The summed E-state index contributed by atoms with van der Waals surface area (Å²) in [4.78, 5) is 15.3. The molecule has 3 aromatic rings. The molecule has 1 aliphatic carbocycles.